The Balaban J connectivity index is 1.92. The third-order valence-corrected chi connectivity index (χ3v) is 5.39. The summed E-state index contributed by atoms with van der Waals surface area (Å²) in [7, 11) is -3.07. The van der Waals surface area contributed by atoms with Crippen LogP contribution in [0.1, 0.15) is 16.2 Å². The molecule has 0 fully saturated rings. The van der Waals surface area contributed by atoms with E-state index in [4.69, 9.17) is 16.1 Å². The molecule has 0 bridgehead atoms. The molecule has 0 aliphatic rings. The van der Waals surface area contributed by atoms with E-state index in [9.17, 15) is 13.4 Å². The maximum atomic E-state index is 13.8. The number of amides is 1. The fourth-order valence-corrected chi connectivity index (χ4v) is 3.52. The second-order valence-corrected chi connectivity index (χ2v) is 8.18. The van der Waals surface area contributed by atoms with Crippen molar-refractivity contribution in [2.24, 2.45) is 4.36 Å². The van der Waals surface area contributed by atoms with Crippen molar-refractivity contribution in [3.63, 3.8) is 0 Å². The van der Waals surface area contributed by atoms with Crippen LogP contribution in [0.15, 0.2) is 56.2 Å². The Kier molecular flexibility index (Phi) is 4.88. The maximum Gasteiger partial charge on any atom is 0.288 e. The van der Waals surface area contributed by atoms with Crippen LogP contribution in [0.3, 0.4) is 0 Å². The molecule has 3 aromatic rings. The lowest BCUT2D eigenvalue weighted by Crippen LogP contribution is -2.05. The van der Waals surface area contributed by atoms with Gasteiger partial charge in [-0.3, -0.25) is 4.79 Å². The molecular formula is C17H13ClFN3O3S. The van der Waals surface area contributed by atoms with Crippen molar-refractivity contribution in [1.29, 1.82) is 0 Å². The Morgan fingerprint density at radius 3 is 2.50 bits per heavy atom. The lowest BCUT2D eigenvalue weighted by molar-refractivity contribution is 0.100. The number of carbonyl (C=O) groups is 1. The van der Waals surface area contributed by atoms with Gasteiger partial charge in [-0.15, -0.1) is 0 Å². The molecule has 1 atom stereocenters. The summed E-state index contributed by atoms with van der Waals surface area (Å²) < 4.78 is 35.3. The first kappa shape index (κ1) is 18.2. The van der Waals surface area contributed by atoms with Gasteiger partial charge in [0.15, 0.2) is 0 Å². The fraction of sp³-hybridized carbons (Fsp3) is 0.118. The number of rotatable bonds is 3. The molecule has 26 heavy (non-hydrogen) atoms. The van der Waals surface area contributed by atoms with Crippen molar-refractivity contribution < 1.29 is 17.9 Å². The Morgan fingerprint density at radius 2 is 1.92 bits per heavy atom. The summed E-state index contributed by atoms with van der Waals surface area (Å²) in [5, 5.41) is 3.95. The summed E-state index contributed by atoms with van der Waals surface area (Å²) in [6.45, 7) is 1.67. The zero-order chi connectivity index (χ0) is 18.9. The molecule has 0 saturated heterocycles. The third-order valence-electron chi connectivity index (χ3n) is 3.50. The van der Waals surface area contributed by atoms with Crippen molar-refractivity contribution in [1.82, 2.24) is 10.1 Å². The first-order valence-electron chi connectivity index (χ1n) is 7.38. The van der Waals surface area contributed by atoms with Gasteiger partial charge in [-0.1, -0.05) is 16.8 Å². The Morgan fingerprint density at radius 1 is 1.23 bits per heavy atom. The number of benzene rings is 2. The van der Waals surface area contributed by atoms with Gasteiger partial charge >= 0.3 is 0 Å². The molecule has 0 saturated carbocycles. The van der Waals surface area contributed by atoms with Gasteiger partial charge in [0.05, 0.1) is 15.3 Å². The van der Waals surface area contributed by atoms with Crippen molar-refractivity contribution in [3.05, 3.63) is 64.8 Å². The molecule has 1 aromatic heterocycles. The van der Waals surface area contributed by atoms with Gasteiger partial charge in [0, 0.05) is 28.7 Å². The predicted octanol–water partition coefficient (Wildman–Crippen LogP) is 4.13. The van der Waals surface area contributed by atoms with Gasteiger partial charge in [-0.2, -0.15) is 9.35 Å². The van der Waals surface area contributed by atoms with E-state index in [1.807, 2.05) is 0 Å². The van der Waals surface area contributed by atoms with Crippen LogP contribution < -0.4 is 0 Å². The standard InChI is InChI=1S/C17H13ClFN3O3S/c1-10-20-16(21-25-10)11-3-6-13(7-4-11)26(2,24)22-17(23)14-8-5-12(18)9-15(14)19/h3-9H,1-2H3. The van der Waals surface area contributed by atoms with E-state index in [0.717, 1.165) is 6.07 Å². The van der Waals surface area contributed by atoms with Crippen LogP contribution in [0, 0.1) is 12.7 Å². The fourth-order valence-electron chi connectivity index (χ4n) is 2.20. The van der Waals surface area contributed by atoms with Gasteiger partial charge in [0.1, 0.15) is 5.82 Å². The van der Waals surface area contributed by atoms with E-state index < -0.39 is 21.5 Å². The quantitative estimate of drug-likeness (QED) is 0.667. The first-order chi connectivity index (χ1) is 12.3. The molecular weight excluding hydrogens is 381 g/mol. The van der Waals surface area contributed by atoms with Crippen LogP contribution in [-0.4, -0.2) is 26.5 Å². The number of carbonyl (C=O) groups excluding carboxylic acids is 1. The van der Waals surface area contributed by atoms with Crippen molar-refractivity contribution in [2.45, 2.75) is 11.8 Å². The topological polar surface area (TPSA) is 85.4 Å². The highest BCUT2D eigenvalue weighted by atomic mass is 35.5. The Labute approximate surface area is 154 Å². The highest BCUT2D eigenvalue weighted by Gasteiger charge is 2.16. The zero-order valence-electron chi connectivity index (χ0n) is 13.8. The average molecular weight is 394 g/mol. The maximum absolute atomic E-state index is 13.8. The third kappa shape index (κ3) is 3.81. The van der Waals surface area contributed by atoms with E-state index in [2.05, 4.69) is 14.5 Å². The van der Waals surface area contributed by atoms with Gasteiger partial charge in [-0.25, -0.2) is 8.60 Å². The lowest BCUT2D eigenvalue weighted by atomic mass is 10.2. The molecule has 6 nitrogen and oxygen atoms in total. The largest absolute Gasteiger partial charge is 0.339 e. The van der Waals surface area contributed by atoms with E-state index in [0.29, 0.717) is 22.2 Å². The highest BCUT2D eigenvalue weighted by Crippen LogP contribution is 2.21. The molecule has 3 rings (SSSR count). The summed E-state index contributed by atoms with van der Waals surface area (Å²) in [6.07, 6.45) is 1.31. The summed E-state index contributed by atoms with van der Waals surface area (Å²) >= 11 is 5.66. The number of halogens is 2. The van der Waals surface area contributed by atoms with E-state index in [1.165, 1.54) is 18.4 Å². The van der Waals surface area contributed by atoms with Crippen molar-refractivity contribution in [3.8, 4) is 11.4 Å². The second-order valence-electron chi connectivity index (χ2n) is 5.48. The molecule has 0 aliphatic heterocycles. The Hall–Kier alpha value is -2.58. The smallest absolute Gasteiger partial charge is 0.288 e. The molecule has 1 amide bonds. The minimum Gasteiger partial charge on any atom is -0.339 e. The molecule has 134 valence electrons. The van der Waals surface area contributed by atoms with Gasteiger partial charge in [-0.05, 0) is 42.5 Å². The van der Waals surface area contributed by atoms with Crippen LogP contribution in [0.5, 0.6) is 0 Å². The molecule has 1 unspecified atom stereocenters. The molecule has 0 N–H and O–H groups in total. The summed E-state index contributed by atoms with van der Waals surface area (Å²) in [5.41, 5.74) is 0.374. The number of nitrogens with zero attached hydrogens (tertiary/aromatic N) is 3. The highest BCUT2D eigenvalue weighted by molar-refractivity contribution is 7.93. The summed E-state index contributed by atoms with van der Waals surface area (Å²) in [4.78, 5) is 16.6. The van der Waals surface area contributed by atoms with Crippen LogP contribution in [0.25, 0.3) is 11.4 Å². The first-order valence-corrected chi connectivity index (χ1v) is 9.69. The number of hydrogen-bond donors (Lipinski definition) is 0. The minimum absolute atomic E-state index is 0.156. The van der Waals surface area contributed by atoms with Crippen LogP contribution in [-0.2, 0) is 9.73 Å². The second kappa shape index (κ2) is 6.97. The average Bonchev–Trinajstić information content (AvgIpc) is 3.01. The normalized spacial score (nSPS) is 13.2. The lowest BCUT2D eigenvalue weighted by Gasteiger charge is -2.05. The zero-order valence-corrected chi connectivity index (χ0v) is 15.3. The molecule has 0 radical (unpaired) electrons. The van der Waals surface area contributed by atoms with E-state index in [-0.39, 0.29) is 10.6 Å². The molecule has 0 aliphatic carbocycles. The summed E-state index contributed by atoms with van der Waals surface area (Å²) in [5.74, 6) is -0.907. The number of aromatic nitrogens is 2. The number of hydrogen-bond acceptors (Lipinski definition) is 5. The molecule has 1 heterocycles. The SMILES string of the molecule is Cc1nc(-c2ccc(S(C)(=O)=NC(=O)c3ccc(Cl)cc3F)cc2)no1. The van der Waals surface area contributed by atoms with Crippen molar-refractivity contribution in [2.75, 3.05) is 6.26 Å². The monoisotopic (exact) mass is 393 g/mol. The molecule has 0 spiro atoms. The van der Waals surface area contributed by atoms with Crippen LogP contribution >= 0.6 is 11.6 Å². The van der Waals surface area contributed by atoms with Crippen LogP contribution in [0.2, 0.25) is 5.02 Å². The molecule has 2 aromatic carbocycles. The predicted molar refractivity (Wildman–Crippen MR) is 95.0 cm³/mol. The van der Waals surface area contributed by atoms with Gasteiger partial charge < -0.3 is 4.52 Å². The van der Waals surface area contributed by atoms with Crippen LogP contribution in [0.4, 0.5) is 4.39 Å². The van der Waals surface area contributed by atoms with Crippen molar-refractivity contribution >= 4 is 27.2 Å². The van der Waals surface area contributed by atoms with Gasteiger partial charge in [0.2, 0.25) is 11.7 Å². The minimum atomic E-state index is -3.07. The Bertz CT molecular complexity index is 1100. The molecule has 9 heteroatoms. The van der Waals surface area contributed by atoms with E-state index in [1.54, 1.807) is 31.2 Å². The van der Waals surface area contributed by atoms with Gasteiger partial charge in [0.25, 0.3) is 5.91 Å². The number of aryl methyl sites for hydroxylation is 1. The van der Waals surface area contributed by atoms with E-state index >= 15 is 0 Å². The summed E-state index contributed by atoms with van der Waals surface area (Å²) in [6, 6.07) is 9.98.